The molecule has 1 aromatic carbocycles. The number of nitrogens with zero attached hydrogens (tertiary/aromatic N) is 2. The Bertz CT molecular complexity index is 649. The predicted molar refractivity (Wildman–Crippen MR) is 66.8 cm³/mol. The van der Waals surface area contributed by atoms with Crippen LogP contribution in [0.15, 0.2) is 41.8 Å². The molecule has 0 aliphatic rings. The SMILES string of the molecule is CCn1cnc(S(=O)(=O)Nc2ccccc2O)c1. The average Bonchev–Trinajstić information content (AvgIpc) is 2.81. The zero-order valence-corrected chi connectivity index (χ0v) is 10.6. The van der Waals surface area contributed by atoms with Gasteiger partial charge in [0.05, 0.1) is 12.0 Å². The molecule has 0 fully saturated rings. The minimum Gasteiger partial charge on any atom is -0.506 e. The van der Waals surface area contributed by atoms with Gasteiger partial charge in [-0.2, -0.15) is 8.42 Å². The largest absolute Gasteiger partial charge is 0.506 e. The lowest BCUT2D eigenvalue weighted by Gasteiger charge is -2.06. The summed E-state index contributed by atoms with van der Waals surface area (Å²) in [5.74, 6) is -0.129. The Kier molecular flexibility index (Phi) is 3.24. The lowest BCUT2D eigenvalue weighted by molar-refractivity contribution is 0.477. The fourth-order valence-corrected chi connectivity index (χ4v) is 2.44. The number of hydrogen-bond acceptors (Lipinski definition) is 4. The summed E-state index contributed by atoms with van der Waals surface area (Å²) >= 11 is 0. The number of anilines is 1. The van der Waals surface area contributed by atoms with Gasteiger partial charge in [0, 0.05) is 12.7 Å². The molecule has 0 unspecified atom stereocenters. The fourth-order valence-electron chi connectivity index (χ4n) is 1.41. The van der Waals surface area contributed by atoms with Crippen LogP contribution < -0.4 is 4.72 Å². The van der Waals surface area contributed by atoms with Gasteiger partial charge >= 0.3 is 0 Å². The Morgan fingerprint density at radius 3 is 2.72 bits per heavy atom. The normalized spacial score (nSPS) is 11.4. The van der Waals surface area contributed by atoms with E-state index in [9.17, 15) is 13.5 Å². The summed E-state index contributed by atoms with van der Waals surface area (Å²) in [6.45, 7) is 2.52. The highest BCUT2D eigenvalue weighted by Gasteiger charge is 2.18. The average molecular weight is 267 g/mol. The molecule has 6 nitrogen and oxygen atoms in total. The van der Waals surface area contributed by atoms with Gasteiger partial charge in [-0.05, 0) is 19.1 Å². The number of phenols is 1. The van der Waals surface area contributed by atoms with Crippen molar-refractivity contribution in [2.45, 2.75) is 18.5 Å². The molecule has 1 aromatic heterocycles. The molecule has 0 amide bonds. The molecule has 96 valence electrons. The monoisotopic (exact) mass is 267 g/mol. The van der Waals surface area contributed by atoms with Crippen LogP contribution in [0, 0.1) is 0 Å². The topological polar surface area (TPSA) is 84.2 Å². The number of benzene rings is 1. The lowest BCUT2D eigenvalue weighted by atomic mass is 10.3. The third-order valence-electron chi connectivity index (χ3n) is 2.40. The second kappa shape index (κ2) is 4.69. The number of aromatic nitrogens is 2. The number of nitrogens with one attached hydrogen (secondary N) is 1. The van der Waals surface area contributed by atoms with Crippen molar-refractivity contribution in [3.05, 3.63) is 36.8 Å². The highest BCUT2D eigenvalue weighted by Crippen LogP contribution is 2.24. The van der Waals surface area contributed by atoms with E-state index in [-0.39, 0.29) is 16.5 Å². The minimum absolute atomic E-state index is 0.0763. The maximum absolute atomic E-state index is 12.0. The van der Waals surface area contributed by atoms with E-state index in [2.05, 4.69) is 9.71 Å². The quantitative estimate of drug-likeness (QED) is 0.820. The first-order valence-corrected chi connectivity index (χ1v) is 6.84. The van der Waals surface area contributed by atoms with Gasteiger partial charge in [-0.15, -0.1) is 0 Å². The number of rotatable bonds is 4. The van der Waals surface area contributed by atoms with Crippen LogP contribution >= 0.6 is 0 Å². The number of hydrogen-bond donors (Lipinski definition) is 2. The van der Waals surface area contributed by atoms with Gasteiger partial charge < -0.3 is 9.67 Å². The fraction of sp³-hybridized carbons (Fsp3) is 0.182. The zero-order chi connectivity index (χ0) is 13.2. The highest BCUT2D eigenvalue weighted by molar-refractivity contribution is 7.92. The van der Waals surface area contributed by atoms with E-state index in [1.54, 1.807) is 16.7 Å². The van der Waals surface area contributed by atoms with Crippen LogP contribution in [0.2, 0.25) is 0 Å². The molecule has 0 saturated carbocycles. The molecule has 18 heavy (non-hydrogen) atoms. The van der Waals surface area contributed by atoms with Gasteiger partial charge in [0.2, 0.25) is 0 Å². The van der Waals surface area contributed by atoms with Crippen molar-refractivity contribution in [3.63, 3.8) is 0 Å². The summed E-state index contributed by atoms with van der Waals surface area (Å²) in [4.78, 5) is 3.82. The summed E-state index contributed by atoms with van der Waals surface area (Å²) in [6.07, 6.45) is 2.88. The van der Waals surface area contributed by atoms with Gasteiger partial charge in [0.25, 0.3) is 10.0 Å². The molecule has 0 bridgehead atoms. The van der Waals surface area contributed by atoms with E-state index in [1.165, 1.54) is 24.7 Å². The first-order chi connectivity index (χ1) is 8.53. The van der Waals surface area contributed by atoms with E-state index in [4.69, 9.17) is 0 Å². The number of sulfonamides is 1. The predicted octanol–water partition coefficient (Wildman–Crippen LogP) is 1.41. The zero-order valence-electron chi connectivity index (χ0n) is 9.74. The molecule has 0 saturated heterocycles. The molecule has 2 rings (SSSR count). The van der Waals surface area contributed by atoms with Gasteiger partial charge in [-0.3, -0.25) is 4.72 Å². The maximum atomic E-state index is 12.0. The van der Waals surface area contributed by atoms with Crippen LogP contribution in [0.5, 0.6) is 5.75 Å². The lowest BCUT2D eigenvalue weighted by Crippen LogP contribution is -2.13. The molecule has 0 aliphatic carbocycles. The Balaban J connectivity index is 2.30. The van der Waals surface area contributed by atoms with Crippen LogP contribution in [0.25, 0.3) is 0 Å². The van der Waals surface area contributed by atoms with Gasteiger partial charge in [-0.1, -0.05) is 12.1 Å². The van der Waals surface area contributed by atoms with E-state index in [0.29, 0.717) is 6.54 Å². The maximum Gasteiger partial charge on any atom is 0.281 e. The molecule has 0 aliphatic heterocycles. The molecule has 2 aromatic rings. The standard InChI is InChI=1S/C11H13N3O3S/c1-2-14-7-11(12-8-14)18(16,17)13-9-5-3-4-6-10(9)15/h3-8,13,15H,2H2,1H3. The minimum atomic E-state index is -3.77. The van der Waals surface area contributed by atoms with Crippen LogP contribution in [-0.2, 0) is 16.6 Å². The van der Waals surface area contributed by atoms with Crippen molar-refractivity contribution in [2.75, 3.05) is 4.72 Å². The first-order valence-electron chi connectivity index (χ1n) is 5.35. The number of aromatic hydroxyl groups is 1. The van der Waals surface area contributed by atoms with Crippen molar-refractivity contribution < 1.29 is 13.5 Å². The summed E-state index contributed by atoms with van der Waals surface area (Å²) in [5.41, 5.74) is 0.128. The second-order valence-corrected chi connectivity index (χ2v) is 5.29. The number of imidazole rings is 1. The van der Waals surface area contributed by atoms with E-state index < -0.39 is 10.0 Å². The van der Waals surface area contributed by atoms with E-state index in [0.717, 1.165) is 0 Å². The molecular weight excluding hydrogens is 254 g/mol. The van der Waals surface area contributed by atoms with Crippen molar-refractivity contribution in [1.82, 2.24) is 9.55 Å². The van der Waals surface area contributed by atoms with Crippen LogP contribution in [0.4, 0.5) is 5.69 Å². The summed E-state index contributed by atoms with van der Waals surface area (Å²) in [6, 6.07) is 6.12. The molecule has 0 spiro atoms. The molecular formula is C11H13N3O3S. The summed E-state index contributed by atoms with van der Waals surface area (Å²) < 4.78 is 27.9. The smallest absolute Gasteiger partial charge is 0.281 e. The highest BCUT2D eigenvalue weighted by atomic mass is 32.2. The first kappa shape index (κ1) is 12.4. The van der Waals surface area contributed by atoms with Crippen molar-refractivity contribution in [3.8, 4) is 5.75 Å². The van der Waals surface area contributed by atoms with E-state index >= 15 is 0 Å². The van der Waals surface area contributed by atoms with Crippen LogP contribution in [0.1, 0.15) is 6.92 Å². The number of aryl methyl sites for hydroxylation is 1. The Morgan fingerprint density at radius 2 is 2.11 bits per heavy atom. The Labute approximate surface area is 105 Å². The number of phenolic OH excluding ortho intramolecular Hbond substituents is 1. The summed E-state index contributed by atoms with van der Waals surface area (Å²) in [7, 11) is -3.77. The molecule has 7 heteroatoms. The Hall–Kier alpha value is -2.02. The molecule has 0 radical (unpaired) electrons. The van der Waals surface area contributed by atoms with Crippen molar-refractivity contribution in [2.24, 2.45) is 0 Å². The van der Waals surface area contributed by atoms with Crippen LogP contribution in [0.3, 0.4) is 0 Å². The molecule has 2 N–H and O–H groups in total. The molecule has 1 heterocycles. The van der Waals surface area contributed by atoms with Gasteiger partial charge in [0.15, 0.2) is 5.03 Å². The van der Waals surface area contributed by atoms with Gasteiger partial charge in [-0.25, -0.2) is 4.98 Å². The van der Waals surface area contributed by atoms with Crippen molar-refractivity contribution in [1.29, 1.82) is 0 Å². The third kappa shape index (κ3) is 2.45. The number of para-hydroxylation sites is 2. The van der Waals surface area contributed by atoms with Crippen LogP contribution in [-0.4, -0.2) is 23.1 Å². The third-order valence-corrected chi connectivity index (χ3v) is 3.65. The van der Waals surface area contributed by atoms with E-state index in [1.807, 2.05) is 6.92 Å². The van der Waals surface area contributed by atoms with Gasteiger partial charge in [0.1, 0.15) is 5.75 Å². The second-order valence-electron chi connectivity index (χ2n) is 3.67. The Morgan fingerprint density at radius 1 is 1.39 bits per heavy atom. The molecule has 0 atom stereocenters. The van der Waals surface area contributed by atoms with Crippen molar-refractivity contribution >= 4 is 15.7 Å². The summed E-state index contributed by atoms with van der Waals surface area (Å²) in [5, 5.41) is 9.44.